The van der Waals surface area contributed by atoms with E-state index in [1.165, 1.54) is 6.92 Å². The quantitative estimate of drug-likeness (QED) is 0.365. The van der Waals surface area contributed by atoms with Crippen molar-refractivity contribution >= 4 is 22.9 Å². The Bertz CT molecular complexity index is 878. The average Bonchev–Trinajstić information content (AvgIpc) is 2.50. The maximum Gasteiger partial charge on any atom is 0.351 e. The number of rotatable bonds is 5. The molecule has 1 heterocycles. The van der Waals surface area contributed by atoms with Crippen LogP contribution in [0.5, 0.6) is 11.5 Å². The van der Waals surface area contributed by atoms with Crippen molar-refractivity contribution in [1.29, 1.82) is 0 Å². The van der Waals surface area contributed by atoms with E-state index in [-0.39, 0.29) is 41.3 Å². The molecule has 0 atom stereocenters. The van der Waals surface area contributed by atoms with Crippen LogP contribution in [0.4, 0.5) is 0 Å². The Morgan fingerprint density at radius 3 is 2.50 bits per heavy atom. The number of fused-ring (bicyclic) bond motifs is 1. The molecule has 0 aliphatic carbocycles. The summed E-state index contributed by atoms with van der Waals surface area (Å²) >= 11 is 0. The lowest BCUT2D eigenvalue weighted by Gasteiger charge is -2.07. The number of carbonyl (C=O) groups is 2. The zero-order valence-corrected chi connectivity index (χ0v) is 12.7. The van der Waals surface area contributed by atoms with Gasteiger partial charge in [0.25, 0.3) is 0 Å². The largest absolute Gasteiger partial charge is 0.508 e. The van der Waals surface area contributed by atoms with E-state index in [2.05, 4.69) is 6.58 Å². The van der Waals surface area contributed by atoms with Gasteiger partial charge < -0.3 is 24.1 Å². The van der Waals surface area contributed by atoms with Crippen LogP contribution >= 0.6 is 0 Å². The van der Waals surface area contributed by atoms with E-state index in [9.17, 15) is 24.6 Å². The Morgan fingerprint density at radius 1 is 1.17 bits per heavy atom. The fraction of sp³-hybridized carbons (Fsp3) is 0.188. The summed E-state index contributed by atoms with van der Waals surface area (Å²) in [5.41, 5.74) is -1.30. The molecule has 8 heteroatoms. The van der Waals surface area contributed by atoms with Crippen LogP contribution in [0, 0.1) is 0 Å². The van der Waals surface area contributed by atoms with E-state index >= 15 is 0 Å². The van der Waals surface area contributed by atoms with E-state index in [0.717, 1.165) is 18.2 Å². The van der Waals surface area contributed by atoms with Crippen molar-refractivity contribution < 1.29 is 33.7 Å². The molecule has 2 rings (SSSR count). The highest BCUT2D eigenvalue weighted by Gasteiger charge is 2.17. The number of aromatic hydroxyl groups is 2. The zero-order chi connectivity index (χ0) is 17.9. The summed E-state index contributed by atoms with van der Waals surface area (Å²) in [4.78, 5) is 34.8. The van der Waals surface area contributed by atoms with Gasteiger partial charge in [-0.05, 0) is 13.0 Å². The Balaban J connectivity index is 2.12. The summed E-state index contributed by atoms with van der Waals surface area (Å²) in [6.07, 6.45) is 0. The van der Waals surface area contributed by atoms with Crippen LogP contribution in [-0.4, -0.2) is 35.4 Å². The van der Waals surface area contributed by atoms with Crippen LogP contribution in [0.2, 0.25) is 0 Å². The van der Waals surface area contributed by atoms with Crippen molar-refractivity contribution in [3.05, 3.63) is 46.3 Å². The average molecular weight is 334 g/mol. The van der Waals surface area contributed by atoms with E-state index in [1.807, 2.05) is 0 Å². The van der Waals surface area contributed by atoms with Gasteiger partial charge in [0.15, 0.2) is 0 Å². The lowest BCUT2D eigenvalue weighted by Crippen LogP contribution is -2.19. The number of phenols is 2. The third-order valence-corrected chi connectivity index (χ3v) is 2.93. The molecule has 0 saturated carbocycles. The Hall–Kier alpha value is -3.29. The summed E-state index contributed by atoms with van der Waals surface area (Å²) in [6, 6.07) is 3.26. The molecule has 0 spiro atoms. The molecular formula is C16H14O8. The second kappa shape index (κ2) is 6.86. The minimum Gasteiger partial charge on any atom is -0.508 e. The maximum atomic E-state index is 11.9. The number of benzene rings is 1. The minimum atomic E-state index is -0.996. The van der Waals surface area contributed by atoms with Gasteiger partial charge in [-0.1, -0.05) is 6.58 Å². The molecule has 0 saturated heterocycles. The smallest absolute Gasteiger partial charge is 0.351 e. The molecule has 0 aliphatic rings. The second-order valence-electron chi connectivity index (χ2n) is 4.88. The molecule has 8 nitrogen and oxygen atoms in total. The van der Waals surface area contributed by atoms with Crippen molar-refractivity contribution in [3.8, 4) is 11.5 Å². The molecule has 0 amide bonds. The van der Waals surface area contributed by atoms with Crippen LogP contribution in [0.25, 0.3) is 11.0 Å². The SMILES string of the molecule is C=C(C)C(=O)OCCOC(=O)c1cc2c(O)cc(O)cc2oc1=O. The van der Waals surface area contributed by atoms with Crippen LogP contribution in [-0.2, 0) is 14.3 Å². The van der Waals surface area contributed by atoms with E-state index < -0.39 is 23.1 Å². The van der Waals surface area contributed by atoms with Gasteiger partial charge in [0, 0.05) is 17.7 Å². The van der Waals surface area contributed by atoms with Crippen molar-refractivity contribution in [2.24, 2.45) is 0 Å². The Labute approximate surface area is 135 Å². The second-order valence-corrected chi connectivity index (χ2v) is 4.88. The maximum absolute atomic E-state index is 11.9. The first kappa shape index (κ1) is 17.1. The molecule has 0 aliphatic heterocycles. The number of ether oxygens (including phenoxy) is 2. The van der Waals surface area contributed by atoms with Crippen LogP contribution in [0.15, 0.2) is 39.6 Å². The molecule has 2 N–H and O–H groups in total. The molecule has 1 aromatic carbocycles. The highest BCUT2D eigenvalue weighted by atomic mass is 16.6. The molecule has 0 radical (unpaired) electrons. The number of hydrogen-bond donors (Lipinski definition) is 2. The summed E-state index contributed by atoms with van der Waals surface area (Å²) in [7, 11) is 0. The third kappa shape index (κ3) is 3.72. The molecule has 126 valence electrons. The number of phenolic OH excluding ortho intramolecular Hbond substituents is 2. The summed E-state index contributed by atoms with van der Waals surface area (Å²) in [5, 5.41) is 19.1. The lowest BCUT2D eigenvalue weighted by atomic mass is 10.1. The van der Waals surface area contributed by atoms with Crippen LogP contribution < -0.4 is 5.63 Å². The number of hydrogen-bond acceptors (Lipinski definition) is 8. The van der Waals surface area contributed by atoms with Crippen molar-refractivity contribution in [3.63, 3.8) is 0 Å². The first-order chi connectivity index (χ1) is 11.3. The Kier molecular flexibility index (Phi) is 4.88. The highest BCUT2D eigenvalue weighted by molar-refractivity contribution is 5.95. The monoisotopic (exact) mass is 334 g/mol. The highest BCUT2D eigenvalue weighted by Crippen LogP contribution is 2.29. The van der Waals surface area contributed by atoms with Gasteiger partial charge in [-0.25, -0.2) is 14.4 Å². The van der Waals surface area contributed by atoms with E-state index in [0.29, 0.717) is 0 Å². The van der Waals surface area contributed by atoms with Crippen molar-refractivity contribution in [1.82, 2.24) is 0 Å². The topological polar surface area (TPSA) is 123 Å². The van der Waals surface area contributed by atoms with Gasteiger partial charge in [0.2, 0.25) is 0 Å². The minimum absolute atomic E-state index is 0.0630. The van der Waals surface area contributed by atoms with Gasteiger partial charge in [0.05, 0.1) is 5.39 Å². The van der Waals surface area contributed by atoms with Gasteiger partial charge >= 0.3 is 17.6 Å². The summed E-state index contributed by atoms with van der Waals surface area (Å²) < 4.78 is 14.4. The molecule has 24 heavy (non-hydrogen) atoms. The standard InChI is InChI=1S/C16H14O8/c1-8(2)14(19)22-3-4-23-15(20)11-7-10-12(18)5-9(17)6-13(10)24-16(11)21/h5-7,17-18H,1,3-4H2,2H3. The zero-order valence-electron chi connectivity index (χ0n) is 12.7. The Morgan fingerprint density at radius 2 is 1.83 bits per heavy atom. The normalized spacial score (nSPS) is 10.4. The number of carbonyl (C=O) groups excluding carboxylic acids is 2. The predicted octanol–water partition coefficient (Wildman–Crippen LogP) is 1.48. The van der Waals surface area contributed by atoms with Crippen molar-refractivity contribution in [2.45, 2.75) is 6.92 Å². The summed E-state index contributed by atoms with van der Waals surface area (Å²) in [5.74, 6) is -2.28. The molecular weight excluding hydrogens is 320 g/mol. The van der Waals surface area contributed by atoms with Crippen LogP contribution in [0.1, 0.15) is 17.3 Å². The third-order valence-electron chi connectivity index (χ3n) is 2.93. The molecule has 0 fully saturated rings. The predicted molar refractivity (Wildman–Crippen MR) is 81.9 cm³/mol. The fourth-order valence-corrected chi connectivity index (χ4v) is 1.80. The molecule has 0 bridgehead atoms. The van der Waals surface area contributed by atoms with E-state index in [1.54, 1.807) is 0 Å². The number of esters is 2. The summed E-state index contributed by atoms with van der Waals surface area (Å²) in [6.45, 7) is 4.40. The first-order valence-electron chi connectivity index (χ1n) is 6.79. The fourth-order valence-electron chi connectivity index (χ4n) is 1.80. The first-order valence-corrected chi connectivity index (χ1v) is 6.79. The van der Waals surface area contributed by atoms with Crippen molar-refractivity contribution in [2.75, 3.05) is 13.2 Å². The molecule has 1 aromatic heterocycles. The van der Waals surface area contributed by atoms with Crippen LogP contribution in [0.3, 0.4) is 0 Å². The van der Waals surface area contributed by atoms with E-state index in [4.69, 9.17) is 13.9 Å². The van der Waals surface area contributed by atoms with Gasteiger partial charge in [-0.2, -0.15) is 0 Å². The van der Waals surface area contributed by atoms with Gasteiger partial charge in [-0.3, -0.25) is 0 Å². The molecule has 2 aromatic rings. The lowest BCUT2D eigenvalue weighted by molar-refractivity contribution is -0.140. The van der Waals surface area contributed by atoms with Gasteiger partial charge in [0.1, 0.15) is 35.9 Å². The molecule has 0 unspecified atom stereocenters. The van der Waals surface area contributed by atoms with Gasteiger partial charge in [-0.15, -0.1) is 0 Å².